The first-order valence-electron chi connectivity index (χ1n) is 11.4. The molecule has 2 fully saturated rings. The highest BCUT2D eigenvalue weighted by atomic mass is 16.5. The van der Waals surface area contributed by atoms with Crippen LogP contribution in [0.15, 0.2) is 42.5 Å². The molecule has 0 aromatic heterocycles. The number of rotatable bonds is 7. The van der Waals surface area contributed by atoms with Gasteiger partial charge in [0.2, 0.25) is 0 Å². The Morgan fingerprint density at radius 1 is 0.906 bits per heavy atom. The van der Waals surface area contributed by atoms with Crippen molar-refractivity contribution in [3.8, 4) is 17.2 Å². The zero-order valence-electron chi connectivity index (χ0n) is 20.2. The molecule has 0 saturated carbocycles. The average Bonchev–Trinajstić information content (AvgIpc) is 3.46. The first-order valence-corrected chi connectivity index (χ1v) is 11.4. The molecule has 2 saturated heterocycles. The summed E-state index contributed by atoms with van der Waals surface area (Å²) in [5.74, 6) is 1.80. The van der Waals surface area contributed by atoms with Gasteiger partial charge >= 0.3 is 0 Å². The molecule has 5 heteroatoms. The van der Waals surface area contributed by atoms with E-state index in [1.54, 1.807) is 28.3 Å². The molecule has 174 valence electrons. The number of carbonyl (C=O) groups is 1. The van der Waals surface area contributed by atoms with Crippen LogP contribution in [0.2, 0.25) is 0 Å². The maximum absolute atomic E-state index is 12.5. The van der Waals surface area contributed by atoms with E-state index in [9.17, 15) is 4.79 Å². The summed E-state index contributed by atoms with van der Waals surface area (Å²) < 4.78 is 16.6. The fraction of sp³-hybridized carbons (Fsp3) is 0.519. The van der Waals surface area contributed by atoms with Crippen LogP contribution in [0.4, 0.5) is 0 Å². The van der Waals surface area contributed by atoms with E-state index < -0.39 is 5.41 Å². The fourth-order valence-electron chi connectivity index (χ4n) is 4.87. The third kappa shape index (κ3) is 5.09. The summed E-state index contributed by atoms with van der Waals surface area (Å²) in [6.45, 7) is 5.53. The number of ether oxygens (including phenoxy) is 3. The highest BCUT2D eigenvalue weighted by Gasteiger charge is 2.40. The number of Topliss-reactive ketones (excluding diaryl/α,β-unsaturated/α-hetero) is 1. The van der Waals surface area contributed by atoms with Crippen molar-refractivity contribution in [3.05, 3.63) is 53.6 Å². The molecule has 0 spiro atoms. The molecule has 0 aliphatic carbocycles. The Hall–Kier alpha value is -2.53. The molecular formula is C27H37NO4. The van der Waals surface area contributed by atoms with Crippen LogP contribution in [-0.2, 0) is 4.79 Å². The second-order valence-electron chi connectivity index (χ2n) is 9.28. The number of benzene rings is 2. The smallest absolute Gasteiger partial charge is 0.136 e. The molecule has 5 nitrogen and oxygen atoms in total. The number of hydrogen-bond donors (Lipinski definition) is 1. The van der Waals surface area contributed by atoms with Gasteiger partial charge in [-0.15, -0.1) is 0 Å². The van der Waals surface area contributed by atoms with Crippen LogP contribution in [-0.4, -0.2) is 39.2 Å². The molecule has 2 aliphatic heterocycles. The molecule has 2 aromatic rings. The molecule has 0 amide bonds. The van der Waals surface area contributed by atoms with Crippen LogP contribution in [0, 0.1) is 5.41 Å². The number of methoxy groups -OCH3 is 3. The number of fused-ring (bicyclic) bond motifs is 2. The lowest BCUT2D eigenvalue weighted by Crippen LogP contribution is -2.31. The van der Waals surface area contributed by atoms with Gasteiger partial charge in [0.1, 0.15) is 23.0 Å². The Bertz CT molecular complexity index is 866. The van der Waals surface area contributed by atoms with Crippen molar-refractivity contribution in [3.63, 3.8) is 0 Å². The van der Waals surface area contributed by atoms with Crippen LogP contribution in [0.1, 0.15) is 63.5 Å². The number of carbonyl (C=O) groups excluding carboxylic acids is 1. The Balaban J connectivity index is 0.000000343. The summed E-state index contributed by atoms with van der Waals surface area (Å²) in [4.78, 5) is 12.5. The third-order valence-corrected chi connectivity index (χ3v) is 7.00. The van der Waals surface area contributed by atoms with E-state index >= 15 is 0 Å². The summed E-state index contributed by atoms with van der Waals surface area (Å²) in [6, 6.07) is 15.5. The SMILES string of the molecule is C1CC2CCC1N2.COc1cc(OC)c(C(c2ccccc2)C(C)(C)C(C)=O)c(OC)c1. The van der Waals surface area contributed by atoms with Crippen molar-refractivity contribution in [2.75, 3.05) is 21.3 Å². The molecule has 2 bridgehead atoms. The van der Waals surface area contributed by atoms with Crippen molar-refractivity contribution in [1.29, 1.82) is 0 Å². The Morgan fingerprint density at radius 3 is 1.75 bits per heavy atom. The summed E-state index contributed by atoms with van der Waals surface area (Å²) in [5, 5.41) is 3.53. The van der Waals surface area contributed by atoms with Gasteiger partial charge in [-0.3, -0.25) is 4.79 Å². The first kappa shape index (κ1) is 24.1. The first-order chi connectivity index (χ1) is 15.3. The molecule has 2 heterocycles. The van der Waals surface area contributed by atoms with Crippen LogP contribution < -0.4 is 19.5 Å². The number of ketones is 1. The van der Waals surface area contributed by atoms with E-state index in [0.29, 0.717) is 17.2 Å². The van der Waals surface area contributed by atoms with E-state index in [1.807, 2.05) is 56.3 Å². The normalized spacial score (nSPS) is 20.2. The van der Waals surface area contributed by atoms with Crippen LogP contribution in [0.5, 0.6) is 17.2 Å². The highest BCUT2D eigenvalue weighted by molar-refractivity contribution is 5.84. The fourth-order valence-corrected chi connectivity index (χ4v) is 4.87. The minimum atomic E-state index is -0.642. The monoisotopic (exact) mass is 439 g/mol. The van der Waals surface area contributed by atoms with E-state index in [-0.39, 0.29) is 11.7 Å². The molecule has 0 radical (unpaired) electrons. The Labute approximate surface area is 192 Å². The van der Waals surface area contributed by atoms with Crippen molar-refractivity contribution in [2.45, 2.75) is 64.5 Å². The minimum absolute atomic E-state index is 0.0984. The standard InChI is InChI=1S/C21H26O4.C6H11N/c1-14(22)21(2,3)20(15-10-8-7-9-11-15)19-17(24-5)12-16(23-4)13-18(19)25-6;1-2-6-4-3-5(1)7-6/h7-13,20H,1-6H3;5-7H,1-4H2. The lowest BCUT2D eigenvalue weighted by Gasteiger charge is -2.34. The van der Waals surface area contributed by atoms with E-state index in [2.05, 4.69) is 5.32 Å². The van der Waals surface area contributed by atoms with Gasteiger partial charge in [0.05, 0.1) is 21.3 Å². The largest absolute Gasteiger partial charge is 0.496 e. The van der Waals surface area contributed by atoms with Crippen molar-refractivity contribution in [2.24, 2.45) is 5.41 Å². The van der Waals surface area contributed by atoms with E-state index in [4.69, 9.17) is 14.2 Å². The maximum atomic E-state index is 12.5. The van der Waals surface area contributed by atoms with Crippen LogP contribution in [0.3, 0.4) is 0 Å². The van der Waals surface area contributed by atoms with Crippen LogP contribution in [0.25, 0.3) is 0 Å². The summed E-state index contributed by atoms with van der Waals surface area (Å²) >= 11 is 0. The molecule has 1 unspecified atom stereocenters. The maximum Gasteiger partial charge on any atom is 0.136 e. The number of nitrogens with one attached hydrogen (secondary N) is 1. The molecule has 1 N–H and O–H groups in total. The van der Waals surface area contributed by atoms with Crippen molar-refractivity contribution >= 4 is 5.78 Å². The topological polar surface area (TPSA) is 56.8 Å². The lowest BCUT2D eigenvalue weighted by atomic mass is 9.68. The Morgan fingerprint density at radius 2 is 1.41 bits per heavy atom. The second-order valence-corrected chi connectivity index (χ2v) is 9.28. The zero-order valence-corrected chi connectivity index (χ0v) is 20.2. The highest BCUT2D eigenvalue weighted by Crippen LogP contribution is 2.49. The van der Waals surface area contributed by atoms with Gasteiger partial charge in [-0.25, -0.2) is 0 Å². The quantitative estimate of drug-likeness (QED) is 0.629. The molecule has 4 rings (SSSR count). The summed E-state index contributed by atoms with van der Waals surface area (Å²) in [7, 11) is 4.82. The zero-order chi connectivity index (χ0) is 23.3. The molecule has 2 aliphatic rings. The van der Waals surface area contributed by atoms with Crippen LogP contribution >= 0.6 is 0 Å². The minimum Gasteiger partial charge on any atom is -0.496 e. The van der Waals surface area contributed by atoms with Gasteiger partial charge in [-0.05, 0) is 38.2 Å². The van der Waals surface area contributed by atoms with E-state index in [0.717, 1.165) is 23.2 Å². The van der Waals surface area contributed by atoms with Gasteiger partial charge in [-0.2, -0.15) is 0 Å². The number of hydrogen-bond acceptors (Lipinski definition) is 5. The Kier molecular flexibility index (Phi) is 7.83. The average molecular weight is 440 g/mol. The van der Waals surface area contributed by atoms with Gasteiger partial charge < -0.3 is 19.5 Å². The summed E-state index contributed by atoms with van der Waals surface area (Å²) in [6.07, 6.45) is 5.80. The van der Waals surface area contributed by atoms with Gasteiger partial charge in [0.15, 0.2) is 0 Å². The van der Waals surface area contributed by atoms with Crippen molar-refractivity contribution < 1.29 is 19.0 Å². The van der Waals surface area contributed by atoms with Gasteiger partial charge in [0.25, 0.3) is 0 Å². The summed E-state index contributed by atoms with van der Waals surface area (Å²) in [5.41, 5.74) is 1.23. The predicted molar refractivity (Wildman–Crippen MR) is 128 cm³/mol. The van der Waals surface area contributed by atoms with E-state index in [1.165, 1.54) is 25.7 Å². The molecular weight excluding hydrogens is 402 g/mol. The molecule has 2 aromatic carbocycles. The molecule has 1 atom stereocenters. The van der Waals surface area contributed by atoms with Crippen molar-refractivity contribution in [1.82, 2.24) is 5.32 Å². The predicted octanol–water partition coefficient (Wildman–Crippen LogP) is 5.36. The molecule has 32 heavy (non-hydrogen) atoms. The van der Waals surface area contributed by atoms with Gasteiger partial charge in [0, 0.05) is 41.1 Å². The third-order valence-electron chi connectivity index (χ3n) is 7.00. The second kappa shape index (κ2) is 10.4. The van der Waals surface area contributed by atoms with Gasteiger partial charge in [-0.1, -0.05) is 44.2 Å². The lowest BCUT2D eigenvalue weighted by molar-refractivity contribution is -0.125.